The summed E-state index contributed by atoms with van der Waals surface area (Å²) in [6, 6.07) is 2.40. The van der Waals surface area contributed by atoms with Crippen molar-refractivity contribution in [2.75, 3.05) is 0 Å². The normalized spacial score (nSPS) is 49.0. The van der Waals surface area contributed by atoms with Crippen molar-refractivity contribution >= 4 is 0 Å². The minimum atomic E-state index is -0.638. The molecule has 0 heterocycles. The number of fused-ring (bicyclic) bond motifs is 5. The number of rotatable bonds is 3. The fourth-order valence-corrected chi connectivity index (χ4v) is 5.27. The number of nitriles is 1. The van der Waals surface area contributed by atoms with Gasteiger partial charge in [0.1, 0.15) is 0 Å². The number of hydrogen-bond donors (Lipinski definition) is 1. The summed E-state index contributed by atoms with van der Waals surface area (Å²) in [6.07, 6.45) is 8.03. The highest BCUT2D eigenvalue weighted by Crippen LogP contribution is 2.64. The summed E-state index contributed by atoms with van der Waals surface area (Å²) < 4.78 is 0. The SMILES string of the molecule is CCCC(C#N)C1(O)CC2CC1C1CCCC21. The quantitative estimate of drug-likeness (QED) is 0.814. The van der Waals surface area contributed by atoms with E-state index in [0.717, 1.165) is 37.0 Å². The van der Waals surface area contributed by atoms with Gasteiger partial charge in [-0.1, -0.05) is 19.8 Å². The van der Waals surface area contributed by atoms with E-state index in [1.54, 1.807) is 0 Å². The molecular weight excluding hydrogens is 210 g/mol. The van der Waals surface area contributed by atoms with Crippen molar-refractivity contribution in [1.82, 2.24) is 0 Å². The lowest BCUT2D eigenvalue weighted by atomic mass is 9.67. The predicted octanol–water partition coefficient (Wildman–Crippen LogP) is 3.11. The molecule has 3 fully saturated rings. The molecule has 0 aromatic carbocycles. The fraction of sp³-hybridized carbons (Fsp3) is 0.933. The first-order valence-corrected chi connectivity index (χ1v) is 7.32. The molecule has 17 heavy (non-hydrogen) atoms. The maximum absolute atomic E-state index is 11.0. The summed E-state index contributed by atoms with van der Waals surface area (Å²) in [5.74, 6) is 2.68. The molecule has 94 valence electrons. The molecule has 3 aliphatic rings. The molecule has 2 nitrogen and oxygen atoms in total. The summed E-state index contributed by atoms with van der Waals surface area (Å²) in [7, 11) is 0. The molecule has 0 radical (unpaired) electrons. The molecule has 2 heteroatoms. The van der Waals surface area contributed by atoms with E-state index in [4.69, 9.17) is 0 Å². The molecule has 2 bridgehead atoms. The Morgan fingerprint density at radius 1 is 1.41 bits per heavy atom. The average Bonchev–Trinajstić information content (AvgIpc) is 2.95. The Labute approximate surface area is 104 Å². The maximum atomic E-state index is 11.0. The minimum Gasteiger partial charge on any atom is -0.388 e. The second-order valence-electron chi connectivity index (χ2n) is 6.53. The van der Waals surface area contributed by atoms with Crippen LogP contribution in [0.25, 0.3) is 0 Å². The highest BCUT2D eigenvalue weighted by atomic mass is 16.3. The van der Waals surface area contributed by atoms with Gasteiger partial charge in [0.05, 0.1) is 17.6 Å². The van der Waals surface area contributed by atoms with Crippen LogP contribution >= 0.6 is 0 Å². The lowest BCUT2D eigenvalue weighted by molar-refractivity contribution is -0.0770. The third-order valence-corrected chi connectivity index (χ3v) is 5.87. The van der Waals surface area contributed by atoms with E-state index in [9.17, 15) is 10.4 Å². The molecule has 3 aliphatic carbocycles. The van der Waals surface area contributed by atoms with Crippen LogP contribution in [0.5, 0.6) is 0 Å². The number of aliphatic hydroxyl groups is 1. The average molecular weight is 233 g/mol. The topological polar surface area (TPSA) is 44.0 Å². The molecule has 0 spiro atoms. The first-order valence-electron chi connectivity index (χ1n) is 7.32. The number of nitrogens with zero attached hydrogens (tertiary/aromatic N) is 1. The van der Waals surface area contributed by atoms with Gasteiger partial charge in [-0.05, 0) is 55.8 Å². The standard InChI is InChI=1S/C15H23NO/c1-2-4-11(9-16)15(17)8-10-7-14(15)13-6-3-5-12(10)13/h10-14,17H,2-8H2,1H3. The van der Waals surface area contributed by atoms with Crippen LogP contribution in [0, 0.1) is 40.9 Å². The smallest absolute Gasteiger partial charge is 0.0838 e. The van der Waals surface area contributed by atoms with Crippen LogP contribution in [0.4, 0.5) is 0 Å². The zero-order valence-corrected chi connectivity index (χ0v) is 10.7. The zero-order chi connectivity index (χ0) is 12.0. The molecule has 0 amide bonds. The van der Waals surface area contributed by atoms with E-state index in [2.05, 4.69) is 13.0 Å². The van der Waals surface area contributed by atoms with E-state index < -0.39 is 5.60 Å². The van der Waals surface area contributed by atoms with Crippen molar-refractivity contribution in [3.8, 4) is 6.07 Å². The summed E-state index contributed by atoms with van der Waals surface area (Å²) in [5.41, 5.74) is -0.638. The molecule has 3 rings (SSSR count). The van der Waals surface area contributed by atoms with Crippen LogP contribution in [-0.2, 0) is 0 Å². The van der Waals surface area contributed by atoms with Crippen LogP contribution in [0.1, 0.15) is 51.9 Å². The van der Waals surface area contributed by atoms with Gasteiger partial charge in [0.2, 0.25) is 0 Å². The van der Waals surface area contributed by atoms with Gasteiger partial charge in [-0.15, -0.1) is 0 Å². The second kappa shape index (κ2) is 3.99. The van der Waals surface area contributed by atoms with Crippen LogP contribution in [-0.4, -0.2) is 10.7 Å². The van der Waals surface area contributed by atoms with Crippen molar-refractivity contribution in [3.05, 3.63) is 0 Å². The van der Waals surface area contributed by atoms with Crippen molar-refractivity contribution in [2.24, 2.45) is 29.6 Å². The Hall–Kier alpha value is -0.550. The minimum absolute atomic E-state index is 0.121. The van der Waals surface area contributed by atoms with Crippen molar-refractivity contribution in [3.63, 3.8) is 0 Å². The summed E-state index contributed by atoms with van der Waals surface area (Å²) >= 11 is 0. The van der Waals surface area contributed by atoms with Crippen LogP contribution < -0.4 is 0 Å². The van der Waals surface area contributed by atoms with Gasteiger partial charge >= 0.3 is 0 Å². The van der Waals surface area contributed by atoms with Gasteiger partial charge in [0.15, 0.2) is 0 Å². The molecular formula is C15H23NO. The van der Waals surface area contributed by atoms with Gasteiger partial charge in [-0.25, -0.2) is 0 Å². The fourth-order valence-electron chi connectivity index (χ4n) is 5.27. The van der Waals surface area contributed by atoms with E-state index in [-0.39, 0.29) is 5.92 Å². The highest BCUT2D eigenvalue weighted by molar-refractivity contribution is 5.15. The largest absolute Gasteiger partial charge is 0.388 e. The molecule has 0 aromatic rings. The third kappa shape index (κ3) is 1.48. The Kier molecular flexibility index (Phi) is 2.70. The van der Waals surface area contributed by atoms with Crippen molar-refractivity contribution in [1.29, 1.82) is 5.26 Å². The van der Waals surface area contributed by atoms with Gasteiger partial charge in [-0.2, -0.15) is 5.26 Å². The Morgan fingerprint density at radius 3 is 2.88 bits per heavy atom. The third-order valence-electron chi connectivity index (χ3n) is 5.87. The Morgan fingerprint density at radius 2 is 2.18 bits per heavy atom. The van der Waals surface area contributed by atoms with Gasteiger partial charge in [-0.3, -0.25) is 0 Å². The lowest BCUT2D eigenvalue weighted by Gasteiger charge is -2.41. The highest BCUT2D eigenvalue weighted by Gasteiger charge is 2.62. The second-order valence-corrected chi connectivity index (χ2v) is 6.53. The van der Waals surface area contributed by atoms with E-state index in [1.165, 1.54) is 25.7 Å². The first-order chi connectivity index (χ1) is 8.20. The molecule has 0 aromatic heterocycles. The van der Waals surface area contributed by atoms with Gasteiger partial charge in [0, 0.05) is 0 Å². The molecule has 3 saturated carbocycles. The summed E-state index contributed by atoms with van der Waals surface area (Å²) in [6.45, 7) is 2.11. The molecule has 0 saturated heterocycles. The molecule has 6 atom stereocenters. The summed E-state index contributed by atoms with van der Waals surface area (Å²) in [5, 5.41) is 20.3. The van der Waals surface area contributed by atoms with E-state index in [1.807, 2.05) is 0 Å². The van der Waals surface area contributed by atoms with Crippen LogP contribution in [0.15, 0.2) is 0 Å². The Bertz CT molecular complexity index is 347. The van der Waals surface area contributed by atoms with E-state index in [0.29, 0.717) is 5.92 Å². The van der Waals surface area contributed by atoms with Gasteiger partial charge < -0.3 is 5.11 Å². The molecule has 0 aliphatic heterocycles. The first kappa shape index (κ1) is 11.5. The monoisotopic (exact) mass is 233 g/mol. The van der Waals surface area contributed by atoms with E-state index >= 15 is 0 Å². The van der Waals surface area contributed by atoms with Crippen LogP contribution in [0.2, 0.25) is 0 Å². The summed E-state index contributed by atoms with van der Waals surface area (Å²) in [4.78, 5) is 0. The van der Waals surface area contributed by atoms with Crippen molar-refractivity contribution < 1.29 is 5.11 Å². The zero-order valence-electron chi connectivity index (χ0n) is 10.7. The Balaban J connectivity index is 1.83. The molecule has 6 unspecified atom stereocenters. The lowest BCUT2D eigenvalue weighted by Crippen LogP contribution is -2.47. The predicted molar refractivity (Wildman–Crippen MR) is 66.0 cm³/mol. The number of hydrogen-bond acceptors (Lipinski definition) is 2. The van der Waals surface area contributed by atoms with Crippen molar-refractivity contribution in [2.45, 2.75) is 57.5 Å². The van der Waals surface area contributed by atoms with Crippen LogP contribution in [0.3, 0.4) is 0 Å². The maximum Gasteiger partial charge on any atom is 0.0838 e. The molecule has 1 N–H and O–H groups in total. The van der Waals surface area contributed by atoms with Gasteiger partial charge in [0.25, 0.3) is 0 Å².